The molecule has 0 bridgehead atoms. The summed E-state index contributed by atoms with van der Waals surface area (Å²) in [7, 11) is 0. The Morgan fingerprint density at radius 2 is 1.76 bits per heavy atom. The number of aryl methyl sites for hydroxylation is 2. The highest BCUT2D eigenvalue weighted by Gasteiger charge is 2.25. The number of benzene rings is 1. The van der Waals surface area contributed by atoms with Crippen LogP contribution in [0.1, 0.15) is 27.2 Å². The number of rotatable bonds is 6. The van der Waals surface area contributed by atoms with E-state index in [1.165, 1.54) is 0 Å². The number of carbonyl (C=O) groups excluding carboxylic acids is 2. The lowest BCUT2D eigenvalue weighted by Gasteiger charge is -2.35. The summed E-state index contributed by atoms with van der Waals surface area (Å²) in [4.78, 5) is 33.4. The van der Waals surface area contributed by atoms with Crippen LogP contribution in [0.2, 0.25) is 5.15 Å². The van der Waals surface area contributed by atoms with Gasteiger partial charge in [-0.05, 0) is 31.5 Å². The van der Waals surface area contributed by atoms with Crippen LogP contribution in [0.5, 0.6) is 0 Å². The normalized spacial score (nSPS) is 13.8. The molecular weight excluding hydrogens is 442 g/mol. The first-order valence-electron chi connectivity index (χ1n) is 10.8. The molecule has 33 heavy (non-hydrogen) atoms. The van der Waals surface area contributed by atoms with Crippen molar-refractivity contribution in [3.8, 4) is 0 Å². The zero-order chi connectivity index (χ0) is 23.4. The average Bonchev–Trinajstić information content (AvgIpc) is 3.12. The van der Waals surface area contributed by atoms with Gasteiger partial charge in [0.2, 0.25) is 0 Å². The van der Waals surface area contributed by atoms with E-state index in [-0.39, 0.29) is 23.2 Å². The van der Waals surface area contributed by atoms with Gasteiger partial charge in [0.05, 0.1) is 12.2 Å². The molecule has 0 aliphatic carbocycles. The quantitative estimate of drug-likeness (QED) is 0.518. The minimum atomic E-state index is -0.645. The van der Waals surface area contributed by atoms with Gasteiger partial charge in [-0.25, -0.2) is 14.5 Å². The van der Waals surface area contributed by atoms with Crippen molar-refractivity contribution in [3.63, 3.8) is 0 Å². The number of ether oxygens (including phenoxy) is 1. The van der Waals surface area contributed by atoms with Crippen molar-refractivity contribution in [3.05, 3.63) is 76.2 Å². The third-order valence-corrected chi connectivity index (χ3v) is 6.04. The molecule has 2 aromatic heterocycles. The van der Waals surface area contributed by atoms with Crippen LogP contribution in [0.15, 0.2) is 48.7 Å². The SMILES string of the molecule is Cc1ccc(Cn2nc(C)c(C(=O)OCC(=O)N3CCN(c4ccccn4)CC3)c2Cl)cc1. The van der Waals surface area contributed by atoms with Gasteiger partial charge in [0.1, 0.15) is 16.5 Å². The van der Waals surface area contributed by atoms with E-state index in [0.717, 1.165) is 16.9 Å². The van der Waals surface area contributed by atoms with Gasteiger partial charge >= 0.3 is 5.97 Å². The Morgan fingerprint density at radius 3 is 2.42 bits per heavy atom. The summed E-state index contributed by atoms with van der Waals surface area (Å²) in [6, 6.07) is 13.8. The van der Waals surface area contributed by atoms with E-state index in [1.54, 1.807) is 22.7 Å². The summed E-state index contributed by atoms with van der Waals surface area (Å²) >= 11 is 6.44. The van der Waals surface area contributed by atoms with Crippen LogP contribution in [-0.2, 0) is 16.1 Å². The van der Waals surface area contributed by atoms with E-state index in [1.807, 2.05) is 49.4 Å². The number of esters is 1. The predicted octanol–water partition coefficient (Wildman–Crippen LogP) is 3.10. The zero-order valence-corrected chi connectivity index (χ0v) is 19.5. The third kappa shape index (κ3) is 5.34. The van der Waals surface area contributed by atoms with Crippen LogP contribution in [0.25, 0.3) is 0 Å². The molecule has 1 aliphatic heterocycles. The Hall–Kier alpha value is -3.39. The van der Waals surface area contributed by atoms with Crippen LogP contribution in [0.4, 0.5) is 5.82 Å². The van der Waals surface area contributed by atoms with E-state index in [2.05, 4.69) is 15.0 Å². The van der Waals surface area contributed by atoms with E-state index in [4.69, 9.17) is 16.3 Å². The fourth-order valence-corrected chi connectivity index (χ4v) is 4.08. The van der Waals surface area contributed by atoms with Crippen molar-refractivity contribution in [1.82, 2.24) is 19.7 Å². The molecule has 1 fully saturated rings. The van der Waals surface area contributed by atoms with Gasteiger partial charge in [-0.3, -0.25) is 4.79 Å². The Balaban J connectivity index is 1.32. The summed E-state index contributed by atoms with van der Waals surface area (Å²) in [6.07, 6.45) is 1.75. The number of aromatic nitrogens is 3. The molecule has 1 aliphatic rings. The lowest BCUT2D eigenvalue weighted by atomic mass is 10.1. The van der Waals surface area contributed by atoms with Crippen LogP contribution in [0.3, 0.4) is 0 Å². The highest BCUT2D eigenvalue weighted by Crippen LogP contribution is 2.22. The maximum Gasteiger partial charge on any atom is 0.343 e. The van der Waals surface area contributed by atoms with Gasteiger partial charge in [-0.2, -0.15) is 5.10 Å². The first kappa shape index (κ1) is 22.8. The number of pyridine rings is 1. The van der Waals surface area contributed by atoms with Crippen LogP contribution in [-0.4, -0.2) is 64.3 Å². The number of nitrogens with zero attached hydrogens (tertiary/aromatic N) is 5. The monoisotopic (exact) mass is 467 g/mol. The molecule has 0 N–H and O–H groups in total. The fraction of sp³-hybridized carbons (Fsp3) is 0.333. The standard InChI is InChI=1S/C24H26ClN5O3/c1-17-6-8-19(9-7-17)15-30-23(25)22(18(2)27-30)24(32)33-16-21(31)29-13-11-28(12-14-29)20-5-3-4-10-26-20/h3-10H,11-16H2,1-2H3. The van der Waals surface area contributed by atoms with Gasteiger partial charge < -0.3 is 14.5 Å². The molecule has 9 heteroatoms. The van der Waals surface area contributed by atoms with Crippen molar-refractivity contribution in [2.75, 3.05) is 37.7 Å². The van der Waals surface area contributed by atoms with Crippen LogP contribution in [0, 0.1) is 13.8 Å². The van der Waals surface area contributed by atoms with E-state index < -0.39 is 5.97 Å². The highest BCUT2D eigenvalue weighted by molar-refractivity contribution is 6.32. The Kier molecular flexibility index (Phi) is 6.93. The van der Waals surface area contributed by atoms with Crippen molar-refractivity contribution in [1.29, 1.82) is 0 Å². The summed E-state index contributed by atoms with van der Waals surface area (Å²) < 4.78 is 6.87. The van der Waals surface area contributed by atoms with Crippen molar-refractivity contribution >= 4 is 29.3 Å². The minimum absolute atomic E-state index is 0.191. The van der Waals surface area contributed by atoms with Crippen LogP contribution >= 0.6 is 11.6 Å². The molecule has 1 amide bonds. The molecule has 172 valence electrons. The maximum atomic E-state index is 12.7. The number of piperazine rings is 1. The Bertz CT molecular complexity index is 1120. The van der Waals surface area contributed by atoms with Gasteiger partial charge in [-0.1, -0.05) is 47.5 Å². The number of carbonyl (C=O) groups is 2. The molecule has 0 unspecified atom stereocenters. The van der Waals surface area contributed by atoms with Gasteiger partial charge in [-0.15, -0.1) is 0 Å². The van der Waals surface area contributed by atoms with E-state index in [9.17, 15) is 9.59 Å². The van der Waals surface area contributed by atoms with Gasteiger partial charge in [0.15, 0.2) is 6.61 Å². The minimum Gasteiger partial charge on any atom is -0.452 e. The lowest BCUT2D eigenvalue weighted by Crippen LogP contribution is -2.50. The summed E-state index contributed by atoms with van der Waals surface area (Å²) in [6.45, 7) is 6.26. The second-order valence-electron chi connectivity index (χ2n) is 8.03. The molecule has 1 saturated heterocycles. The second-order valence-corrected chi connectivity index (χ2v) is 8.38. The summed E-state index contributed by atoms with van der Waals surface area (Å²) in [5.74, 6) is 0.0155. The first-order chi connectivity index (χ1) is 15.9. The molecule has 8 nitrogen and oxygen atoms in total. The molecule has 0 spiro atoms. The molecule has 0 radical (unpaired) electrons. The van der Waals surface area contributed by atoms with Gasteiger partial charge in [0.25, 0.3) is 5.91 Å². The summed E-state index contributed by atoms with van der Waals surface area (Å²) in [5, 5.41) is 4.58. The summed E-state index contributed by atoms with van der Waals surface area (Å²) in [5.41, 5.74) is 2.84. The smallest absolute Gasteiger partial charge is 0.343 e. The van der Waals surface area contributed by atoms with Crippen LogP contribution < -0.4 is 4.90 Å². The number of hydrogen-bond donors (Lipinski definition) is 0. The Morgan fingerprint density at radius 1 is 1.03 bits per heavy atom. The topological polar surface area (TPSA) is 80.6 Å². The molecule has 3 aromatic rings. The average molecular weight is 468 g/mol. The Labute approximate surface area is 197 Å². The molecular formula is C24H26ClN5O3. The first-order valence-corrected chi connectivity index (χ1v) is 11.2. The number of halogens is 1. The van der Waals surface area contributed by atoms with Crippen molar-refractivity contribution in [2.45, 2.75) is 20.4 Å². The molecule has 3 heterocycles. The number of hydrogen-bond acceptors (Lipinski definition) is 6. The third-order valence-electron chi connectivity index (χ3n) is 5.65. The lowest BCUT2D eigenvalue weighted by molar-refractivity contribution is -0.134. The maximum absolute atomic E-state index is 12.7. The molecule has 0 saturated carbocycles. The van der Waals surface area contributed by atoms with Gasteiger partial charge in [0, 0.05) is 32.4 Å². The number of anilines is 1. The molecule has 4 rings (SSSR count). The number of amides is 1. The molecule has 0 atom stereocenters. The van der Waals surface area contributed by atoms with Crippen molar-refractivity contribution in [2.24, 2.45) is 0 Å². The second kappa shape index (κ2) is 10.0. The molecule has 1 aromatic carbocycles. The predicted molar refractivity (Wildman–Crippen MR) is 126 cm³/mol. The van der Waals surface area contributed by atoms with E-state index in [0.29, 0.717) is 38.4 Å². The highest BCUT2D eigenvalue weighted by atomic mass is 35.5. The zero-order valence-electron chi connectivity index (χ0n) is 18.7. The largest absolute Gasteiger partial charge is 0.452 e. The van der Waals surface area contributed by atoms with E-state index >= 15 is 0 Å². The fourth-order valence-electron chi connectivity index (χ4n) is 3.77. The van der Waals surface area contributed by atoms with Crippen molar-refractivity contribution < 1.29 is 14.3 Å².